The van der Waals surface area contributed by atoms with Gasteiger partial charge in [0.25, 0.3) is 0 Å². The Labute approximate surface area is 122 Å². The molecule has 1 aliphatic rings. The average molecular weight is 287 g/mol. The van der Waals surface area contributed by atoms with Crippen molar-refractivity contribution in [1.29, 1.82) is 0 Å². The maximum absolute atomic E-state index is 12.1. The van der Waals surface area contributed by atoms with Gasteiger partial charge in [-0.25, -0.2) is 4.79 Å². The number of rotatable bonds is 1. The van der Waals surface area contributed by atoms with E-state index in [2.05, 4.69) is 18.0 Å². The summed E-state index contributed by atoms with van der Waals surface area (Å²) >= 11 is 1.49. The lowest BCUT2D eigenvalue weighted by molar-refractivity contribution is 0.218. The molecule has 0 unspecified atom stereocenters. The molecule has 2 aromatic rings. The van der Waals surface area contributed by atoms with Crippen molar-refractivity contribution in [2.45, 2.75) is 19.8 Å². The first-order valence-electron chi connectivity index (χ1n) is 6.81. The number of hydrogen-bond acceptors (Lipinski definition) is 2. The van der Waals surface area contributed by atoms with Gasteiger partial charge in [-0.2, -0.15) is 4.99 Å². The molecule has 4 nitrogen and oxygen atoms in total. The topological polar surface area (TPSA) is 37.6 Å². The van der Waals surface area contributed by atoms with E-state index in [4.69, 9.17) is 0 Å². The highest BCUT2D eigenvalue weighted by Gasteiger charge is 2.17. The van der Waals surface area contributed by atoms with E-state index >= 15 is 0 Å². The molecule has 0 bridgehead atoms. The number of thiazole rings is 1. The lowest BCUT2D eigenvalue weighted by atomic mass is 10.2. The molecule has 0 saturated carbocycles. The van der Waals surface area contributed by atoms with Crippen LogP contribution >= 0.6 is 11.3 Å². The van der Waals surface area contributed by atoms with Gasteiger partial charge in [0, 0.05) is 24.7 Å². The zero-order valence-electron chi connectivity index (χ0n) is 11.5. The third-order valence-corrected chi connectivity index (χ3v) is 4.29. The van der Waals surface area contributed by atoms with E-state index in [0.29, 0.717) is 0 Å². The molecule has 20 heavy (non-hydrogen) atoms. The monoisotopic (exact) mass is 287 g/mol. The molecule has 5 heteroatoms. The molecule has 0 atom stereocenters. The predicted octanol–water partition coefficient (Wildman–Crippen LogP) is 2.96. The van der Waals surface area contributed by atoms with E-state index in [0.717, 1.165) is 36.4 Å². The Kier molecular flexibility index (Phi) is 3.69. The standard InChI is InChI=1S/C15H17N3OS/c1-12-6-2-3-7-13(12)18-10-11-20-15(18)16-14(19)17-8-4-5-9-17/h2-3,6-7,10-11H,4-5,8-9H2,1H3/b16-15-. The van der Waals surface area contributed by atoms with Gasteiger partial charge in [-0.05, 0) is 31.4 Å². The van der Waals surface area contributed by atoms with Crippen LogP contribution < -0.4 is 4.80 Å². The minimum absolute atomic E-state index is 0.118. The highest BCUT2D eigenvalue weighted by atomic mass is 32.1. The number of nitrogens with zero attached hydrogens (tertiary/aromatic N) is 3. The first-order chi connectivity index (χ1) is 9.75. The Morgan fingerprint density at radius 2 is 2.00 bits per heavy atom. The van der Waals surface area contributed by atoms with Gasteiger partial charge in [0.05, 0.1) is 5.69 Å². The molecule has 0 N–H and O–H groups in total. The van der Waals surface area contributed by atoms with Crippen LogP contribution in [0.3, 0.4) is 0 Å². The minimum Gasteiger partial charge on any atom is -0.323 e. The Morgan fingerprint density at radius 3 is 2.75 bits per heavy atom. The Morgan fingerprint density at radius 1 is 1.25 bits per heavy atom. The third-order valence-electron chi connectivity index (χ3n) is 3.53. The largest absolute Gasteiger partial charge is 0.346 e. The SMILES string of the molecule is Cc1ccccc1-n1ccs/c1=N\C(=O)N1CCCC1. The first kappa shape index (κ1) is 13.1. The number of aryl methyl sites for hydroxylation is 1. The van der Waals surface area contributed by atoms with Crippen LogP contribution in [-0.2, 0) is 0 Å². The molecule has 2 heterocycles. The van der Waals surface area contributed by atoms with Crippen LogP contribution in [0.5, 0.6) is 0 Å². The van der Waals surface area contributed by atoms with Gasteiger partial charge < -0.3 is 4.90 Å². The van der Waals surface area contributed by atoms with Crippen molar-refractivity contribution >= 4 is 17.4 Å². The van der Waals surface area contributed by atoms with E-state index in [1.807, 2.05) is 39.2 Å². The molecule has 1 aromatic heterocycles. The summed E-state index contributed by atoms with van der Waals surface area (Å²) < 4.78 is 1.98. The van der Waals surface area contributed by atoms with Gasteiger partial charge in [-0.3, -0.25) is 4.57 Å². The van der Waals surface area contributed by atoms with Crippen LogP contribution in [0, 0.1) is 6.92 Å². The molecule has 1 fully saturated rings. The van der Waals surface area contributed by atoms with Gasteiger partial charge in [-0.1, -0.05) is 18.2 Å². The summed E-state index contributed by atoms with van der Waals surface area (Å²) in [4.78, 5) is 19.0. The van der Waals surface area contributed by atoms with Crippen molar-refractivity contribution in [2.75, 3.05) is 13.1 Å². The highest BCUT2D eigenvalue weighted by Crippen LogP contribution is 2.12. The predicted molar refractivity (Wildman–Crippen MR) is 80.1 cm³/mol. The van der Waals surface area contributed by atoms with E-state index in [9.17, 15) is 4.79 Å². The fourth-order valence-corrected chi connectivity index (χ4v) is 3.14. The van der Waals surface area contributed by atoms with Gasteiger partial charge in [0.15, 0.2) is 4.80 Å². The number of carbonyl (C=O) groups is 1. The summed E-state index contributed by atoms with van der Waals surface area (Å²) in [5.74, 6) is 0. The van der Waals surface area contributed by atoms with Gasteiger partial charge in [0.1, 0.15) is 0 Å². The maximum atomic E-state index is 12.1. The number of hydrogen-bond donors (Lipinski definition) is 0. The third kappa shape index (κ3) is 2.54. The summed E-state index contributed by atoms with van der Waals surface area (Å²) in [6.07, 6.45) is 4.14. The molecule has 1 saturated heterocycles. The van der Waals surface area contributed by atoms with Crippen LogP contribution in [-0.4, -0.2) is 28.6 Å². The second-order valence-electron chi connectivity index (χ2n) is 4.93. The number of likely N-dealkylation sites (tertiary alicyclic amines) is 1. The van der Waals surface area contributed by atoms with Gasteiger partial charge in [-0.15, -0.1) is 11.3 Å². The van der Waals surface area contributed by atoms with E-state index < -0.39 is 0 Å². The molecule has 0 spiro atoms. The molecule has 1 aliphatic heterocycles. The van der Waals surface area contributed by atoms with Gasteiger partial charge >= 0.3 is 6.03 Å². The molecule has 2 amide bonds. The van der Waals surface area contributed by atoms with E-state index in [1.54, 1.807) is 0 Å². The summed E-state index contributed by atoms with van der Waals surface area (Å²) in [6.45, 7) is 3.72. The quantitative estimate of drug-likeness (QED) is 0.794. The normalized spacial score (nSPS) is 15.8. The molecule has 104 valence electrons. The fraction of sp³-hybridized carbons (Fsp3) is 0.333. The second-order valence-corrected chi connectivity index (χ2v) is 5.80. The summed E-state index contributed by atoms with van der Waals surface area (Å²) in [6, 6.07) is 8.00. The molecule has 0 aliphatic carbocycles. The van der Waals surface area contributed by atoms with Gasteiger partial charge in [0.2, 0.25) is 0 Å². The fourth-order valence-electron chi connectivity index (χ4n) is 2.43. The van der Waals surface area contributed by atoms with Crippen molar-refractivity contribution in [1.82, 2.24) is 9.47 Å². The van der Waals surface area contributed by atoms with Crippen molar-refractivity contribution in [3.05, 3.63) is 46.2 Å². The second kappa shape index (κ2) is 5.63. The summed E-state index contributed by atoms with van der Waals surface area (Å²) in [7, 11) is 0. The molecule has 0 radical (unpaired) electrons. The maximum Gasteiger partial charge on any atom is 0.346 e. The van der Waals surface area contributed by atoms with Crippen LogP contribution in [0.1, 0.15) is 18.4 Å². The zero-order chi connectivity index (χ0) is 13.9. The first-order valence-corrected chi connectivity index (χ1v) is 7.69. The van der Waals surface area contributed by atoms with Crippen LogP contribution in [0.2, 0.25) is 0 Å². The smallest absolute Gasteiger partial charge is 0.323 e. The average Bonchev–Trinajstić information content (AvgIpc) is 3.10. The van der Waals surface area contributed by atoms with Crippen molar-refractivity contribution < 1.29 is 4.79 Å². The Bertz CT molecular complexity index is 680. The van der Waals surface area contributed by atoms with Crippen molar-refractivity contribution in [2.24, 2.45) is 4.99 Å². The number of urea groups is 1. The lowest BCUT2D eigenvalue weighted by Crippen LogP contribution is -2.27. The number of amides is 2. The Hall–Kier alpha value is -1.88. The van der Waals surface area contributed by atoms with E-state index in [-0.39, 0.29) is 6.03 Å². The van der Waals surface area contributed by atoms with Crippen molar-refractivity contribution in [3.63, 3.8) is 0 Å². The molecular weight excluding hydrogens is 270 g/mol. The highest BCUT2D eigenvalue weighted by molar-refractivity contribution is 7.07. The number of benzene rings is 1. The molecule has 3 rings (SSSR count). The lowest BCUT2D eigenvalue weighted by Gasteiger charge is -2.11. The Balaban J connectivity index is 1.98. The van der Waals surface area contributed by atoms with Crippen LogP contribution in [0.25, 0.3) is 5.69 Å². The number of aromatic nitrogens is 1. The summed E-state index contributed by atoms with van der Waals surface area (Å²) in [5, 5.41) is 1.96. The number of carbonyl (C=O) groups excluding carboxylic acids is 1. The molecular formula is C15H17N3OS. The minimum atomic E-state index is -0.118. The molecule has 1 aromatic carbocycles. The van der Waals surface area contributed by atoms with Crippen LogP contribution in [0.15, 0.2) is 40.8 Å². The number of para-hydroxylation sites is 1. The van der Waals surface area contributed by atoms with Crippen LogP contribution in [0.4, 0.5) is 4.79 Å². The van der Waals surface area contributed by atoms with Crippen molar-refractivity contribution in [3.8, 4) is 5.69 Å². The zero-order valence-corrected chi connectivity index (χ0v) is 12.3. The van der Waals surface area contributed by atoms with E-state index in [1.165, 1.54) is 16.9 Å². The summed E-state index contributed by atoms with van der Waals surface area (Å²) in [5.41, 5.74) is 2.24.